The Kier molecular flexibility index (Phi) is 8.63. The average Bonchev–Trinajstić information content (AvgIpc) is 2.69. The van der Waals surface area contributed by atoms with Crippen molar-refractivity contribution in [3.05, 3.63) is 70.5 Å². The van der Waals surface area contributed by atoms with Gasteiger partial charge in [-0.25, -0.2) is 4.39 Å². The predicted molar refractivity (Wildman–Crippen MR) is 110 cm³/mol. The average molecular weight is 421 g/mol. The second-order valence-corrected chi connectivity index (χ2v) is 7.00. The number of nitrogens with one attached hydrogen (secondary N) is 1. The summed E-state index contributed by atoms with van der Waals surface area (Å²) in [6, 6.07) is 12.0. The smallest absolute Gasteiger partial charge is 0.426 e. The van der Waals surface area contributed by atoms with Gasteiger partial charge in [-0.2, -0.15) is 0 Å². The van der Waals surface area contributed by atoms with Gasteiger partial charge in [-0.3, -0.25) is 9.59 Å². The molecule has 0 aliphatic carbocycles. The summed E-state index contributed by atoms with van der Waals surface area (Å²) >= 11 is 5.83. The number of carbonyl (C=O) groups is 2. The van der Waals surface area contributed by atoms with Gasteiger partial charge in [-0.1, -0.05) is 23.7 Å². The molecule has 0 spiro atoms. The molecule has 3 N–H and O–H groups in total. The second-order valence-electron chi connectivity index (χ2n) is 6.56. The first kappa shape index (κ1) is 22.9. The molecule has 29 heavy (non-hydrogen) atoms. The molecule has 0 heterocycles. The molecule has 154 valence electrons. The summed E-state index contributed by atoms with van der Waals surface area (Å²) in [5.74, 6) is -1.99. The molecule has 0 radical (unpaired) electrons. The first-order valence-electron chi connectivity index (χ1n) is 9.25. The zero-order valence-electron chi connectivity index (χ0n) is 16.0. The van der Waals surface area contributed by atoms with Crippen LogP contribution in [0.2, 0.25) is 5.02 Å². The molecule has 0 bridgehead atoms. The zero-order valence-corrected chi connectivity index (χ0v) is 16.8. The molecule has 1 atom stereocenters. The highest BCUT2D eigenvalue weighted by Gasteiger charge is 2.26. The fraction of sp³-hybridized carbons (Fsp3) is 0.300. The molecule has 2 amide bonds. The standard InChI is InChI=1S/C20H23BClFN2O4/c1-2-25(20(27)15-5-7-16(22)8-6-15)12-11-19(26)24-18(21(28)29)13-14-3-9-17(23)10-4-14/h3-10,18,28-29H,2,11-13H2,1H3,(H,24,26)/t18-/m0/s1. The summed E-state index contributed by atoms with van der Waals surface area (Å²) in [5, 5.41) is 22.2. The molecule has 0 unspecified atom stereocenters. The van der Waals surface area contributed by atoms with Gasteiger partial charge >= 0.3 is 7.12 Å². The minimum absolute atomic E-state index is 0.000191. The van der Waals surface area contributed by atoms with E-state index in [9.17, 15) is 24.0 Å². The maximum atomic E-state index is 13.0. The maximum Gasteiger partial charge on any atom is 0.475 e. The Morgan fingerprint density at radius 3 is 2.31 bits per heavy atom. The lowest BCUT2D eigenvalue weighted by Gasteiger charge is -2.22. The number of halogens is 2. The monoisotopic (exact) mass is 420 g/mol. The second kappa shape index (κ2) is 10.9. The van der Waals surface area contributed by atoms with Crippen LogP contribution in [0.5, 0.6) is 0 Å². The van der Waals surface area contributed by atoms with Gasteiger partial charge < -0.3 is 20.3 Å². The van der Waals surface area contributed by atoms with Crippen LogP contribution >= 0.6 is 11.6 Å². The molecule has 0 fully saturated rings. The topological polar surface area (TPSA) is 89.9 Å². The van der Waals surface area contributed by atoms with E-state index >= 15 is 0 Å². The Labute approximate surface area is 174 Å². The van der Waals surface area contributed by atoms with Crippen molar-refractivity contribution in [2.24, 2.45) is 0 Å². The van der Waals surface area contributed by atoms with Crippen LogP contribution < -0.4 is 5.32 Å². The normalized spacial score (nSPS) is 11.6. The van der Waals surface area contributed by atoms with Crippen molar-refractivity contribution < 1.29 is 24.0 Å². The van der Waals surface area contributed by atoms with Crippen molar-refractivity contribution >= 4 is 30.5 Å². The molecule has 6 nitrogen and oxygen atoms in total. The van der Waals surface area contributed by atoms with E-state index in [1.807, 2.05) is 0 Å². The van der Waals surface area contributed by atoms with Crippen LogP contribution in [0.3, 0.4) is 0 Å². The van der Waals surface area contributed by atoms with Gasteiger partial charge in [0.05, 0.1) is 5.94 Å². The van der Waals surface area contributed by atoms with E-state index < -0.39 is 24.8 Å². The summed E-state index contributed by atoms with van der Waals surface area (Å²) in [6.45, 7) is 2.39. The van der Waals surface area contributed by atoms with Gasteiger partial charge in [0.1, 0.15) is 5.82 Å². The number of rotatable bonds is 9. The van der Waals surface area contributed by atoms with E-state index in [0.717, 1.165) is 0 Å². The van der Waals surface area contributed by atoms with Crippen LogP contribution in [-0.4, -0.2) is 52.9 Å². The molecule has 0 aliphatic rings. The van der Waals surface area contributed by atoms with E-state index in [-0.39, 0.29) is 25.3 Å². The minimum Gasteiger partial charge on any atom is -0.426 e. The predicted octanol–water partition coefficient (Wildman–Crippen LogP) is 2.07. The Morgan fingerprint density at radius 2 is 1.76 bits per heavy atom. The van der Waals surface area contributed by atoms with Crippen LogP contribution in [0, 0.1) is 5.82 Å². The Morgan fingerprint density at radius 1 is 1.14 bits per heavy atom. The Balaban J connectivity index is 1.91. The quantitative estimate of drug-likeness (QED) is 0.542. The lowest BCUT2D eigenvalue weighted by atomic mass is 9.76. The molecule has 0 aliphatic heterocycles. The van der Waals surface area contributed by atoms with Crippen molar-refractivity contribution in [3.8, 4) is 0 Å². The van der Waals surface area contributed by atoms with Gasteiger partial charge in [0.25, 0.3) is 5.91 Å². The van der Waals surface area contributed by atoms with Crippen molar-refractivity contribution in [2.75, 3.05) is 13.1 Å². The van der Waals surface area contributed by atoms with Gasteiger partial charge in [-0.15, -0.1) is 0 Å². The molecule has 2 aromatic carbocycles. The molecular weight excluding hydrogens is 397 g/mol. The largest absolute Gasteiger partial charge is 0.475 e. The molecular formula is C20H23BClFN2O4. The van der Waals surface area contributed by atoms with Crippen molar-refractivity contribution in [1.29, 1.82) is 0 Å². The third-order valence-electron chi connectivity index (χ3n) is 4.44. The molecule has 0 aromatic heterocycles. The van der Waals surface area contributed by atoms with Gasteiger partial charge in [0.15, 0.2) is 0 Å². The molecule has 0 saturated heterocycles. The van der Waals surface area contributed by atoms with E-state index in [2.05, 4.69) is 5.32 Å². The summed E-state index contributed by atoms with van der Waals surface area (Å²) in [7, 11) is -1.78. The first-order chi connectivity index (χ1) is 13.8. The number of benzene rings is 2. The lowest BCUT2D eigenvalue weighted by Crippen LogP contribution is -2.48. The maximum absolute atomic E-state index is 13.0. The first-order valence-corrected chi connectivity index (χ1v) is 9.62. The van der Waals surface area contributed by atoms with Crippen LogP contribution in [-0.2, 0) is 11.2 Å². The third kappa shape index (κ3) is 7.16. The summed E-state index contributed by atoms with van der Waals surface area (Å²) in [6.07, 6.45) is 0.130. The van der Waals surface area contributed by atoms with Gasteiger partial charge in [-0.05, 0) is 55.3 Å². The van der Waals surface area contributed by atoms with Gasteiger partial charge in [0, 0.05) is 30.1 Å². The lowest BCUT2D eigenvalue weighted by molar-refractivity contribution is -0.121. The Bertz CT molecular complexity index is 818. The molecule has 2 rings (SSSR count). The van der Waals surface area contributed by atoms with Crippen molar-refractivity contribution in [1.82, 2.24) is 10.2 Å². The number of hydrogen-bond donors (Lipinski definition) is 3. The Hall–Kier alpha value is -2.42. The van der Waals surface area contributed by atoms with E-state index in [4.69, 9.17) is 11.6 Å². The van der Waals surface area contributed by atoms with Crippen LogP contribution in [0.1, 0.15) is 29.3 Å². The molecule has 2 aromatic rings. The minimum atomic E-state index is -1.78. The van der Waals surface area contributed by atoms with Crippen LogP contribution in [0.15, 0.2) is 48.5 Å². The summed E-state index contributed by atoms with van der Waals surface area (Å²) in [5.41, 5.74) is 1.12. The third-order valence-corrected chi connectivity index (χ3v) is 4.70. The number of amides is 2. The molecule has 0 saturated carbocycles. The highest BCUT2D eigenvalue weighted by molar-refractivity contribution is 6.43. The highest BCUT2D eigenvalue weighted by Crippen LogP contribution is 2.12. The van der Waals surface area contributed by atoms with Crippen molar-refractivity contribution in [3.63, 3.8) is 0 Å². The zero-order chi connectivity index (χ0) is 21.4. The van der Waals surface area contributed by atoms with Gasteiger partial charge in [0.2, 0.25) is 5.91 Å². The van der Waals surface area contributed by atoms with Crippen LogP contribution in [0.25, 0.3) is 0 Å². The van der Waals surface area contributed by atoms with Crippen LogP contribution in [0.4, 0.5) is 4.39 Å². The number of nitrogens with zero attached hydrogens (tertiary/aromatic N) is 1. The van der Waals surface area contributed by atoms with E-state index in [1.54, 1.807) is 31.2 Å². The van der Waals surface area contributed by atoms with E-state index in [0.29, 0.717) is 22.7 Å². The fourth-order valence-electron chi connectivity index (χ4n) is 2.80. The summed E-state index contributed by atoms with van der Waals surface area (Å²) in [4.78, 5) is 26.3. The van der Waals surface area contributed by atoms with Crippen molar-refractivity contribution in [2.45, 2.75) is 25.7 Å². The molecule has 9 heteroatoms. The SMILES string of the molecule is CCN(CCC(=O)N[C@@H](Cc1ccc(F)cc1)B(O)O)C(=O)c1ccc(Cl)cc1. The number of carbonyl (C=O) groups excluding carboxylic acids is 2. The fourth-order valence-corrected chi connectivity index (χ4v) is 2.93. The highest BCUT2D eigenvalue weighted by atomic mass is 35.5. The van der Waals surface area contributed by atoms with E-state index in [1.165, 1.54) is 29.2 Å². The number of hydrogen-bond acceptors (Lipinski definition) is 4. The summed E-state index contributed by atoms with van der Waals surface area (Å²) < 4.78 is 13.0.